The Hall–Kier alpha value is -5.61. The molecule has 3 aromatic carbocycles. The minimum absolute atomic E-state index is 0.0603. The van der Waals surface area contributed by atoms with Gasteiger partial charge in [0, 0.05) is 17.3 Å². The average molecular weight is 709 g/mol. The Kier molecular flexibility index (Phi) is 8.71. The highest BCUT2D eigenvalue weighted by Crippen LogP contribution is 2.51. The summed E-state index contributed by atoms with van der Waals surface area (Å²) >= 11 is 0. The zero-order valence-electron chi connectivity index (χ0n) is 27.0. The molecule has 2 saturated carbocycles. The molecule has 13 nitrogen and oxygen atoms in total. The van der Waals surface area contributed by atoms with Gasteiger partial charge in [-0.25, -0.2) is 4.79 Å². The molecule has 6 rings (SSSR count). The number of halogens is 3. The number of aliphatic hydroxyl groups is 1. The fourth-order valence-corrected chi connectivity index (χ4v) is 7.64. The van der Waals surface area contributed by atoms with Crippen molar-refractivity contribution >= 4 is 46.4 Å². The lowest BCUT2D eigenvalue weighted by Gasteiger charge is -2.52. The average Bonchev–Trinajstić information content (AvgIpc) is 3.03. The number of phenolic OH excluding ortho intramolecular Hbond substituents is 1. The van der Waals surface area contributed by atoms with Crippen LogP contribution in [0.15, 0.2) is 60.7 Å². The van der Waals surface area contributed by atoms with Crippen molar-refractivity contribution in [2.24, 2.45) is 29.4 Å². The van der Waals surface area contributed by atoms with Gasteiger partial charge in [0.05, 0.1) is 17.5 Å². The highest BCUT2D eigenvalue weighted by atomic mass is 19.4. The smallest absolute Gasteiger partial charge is 0.507 e. The van der Waals surface area contributed by atoms with Crippen molar-refractivity contribution in [3.05, 3.63) is 71.8 Å². The van der Waals surface area contributed by atoms with Gasteiger partial charge in [0.1, 0.15) is 11.5 Å². The quantitative estimate of drug-likeness (QED) is 0.237. The number of rotatable bonds is 6. The van der Waals surface area contributed by atoms with Crippen molar-refractivity contribution in [3.8, 4) is 22.6 Å². The molecule has 3 aliphatic rings. The molecule has 2 fully saturated rings. The third-order valence-corrected chi connectivity index (χ3v) is 9.74. The van der Waals surface area contributed by atoms with E-state index < -0.39 is 88.2 Å². The first-order valence-corrected chi connectivity index (χ1v) is 15.7. The van der Waals surface area contributed by atoms with E-state index in [1.54, 1.807) is 30.3 Å². The molecule has 6 N–H and O–H groups in total. The van der Waals surface area contributed by atoms with E-state index in [-0.39, 0.29) is 24.1 Å². The number of urea groups is 1. The van der Waals surface area contributed by atoms with Crippen LogP contribution in [0.25, 0.3) is 11.1 Å². The van der Waals surface area contributed by atoms with Gasteiger partial charge in [-0.3, -0.25) is 28.9 Å². The zero-order valence-corrected chi connectivity index (χ0v) is 27.0. The summed E-state index contributed by atoms with van der Waals surface area (Å²) in [4.78, 5) is 80.9. The lowest BCUT2D eigenvalue weighted by molar-refractivity contribution is -0.274. The monoisotopic (exact) mass is 708 g/mol. The predicted molar refractivity (Wildman–Crippen MR) is 173 cm³/mol. The van der Waals surface area contributed by atoms with Crippen molar-refractivity contribution < 1.29 is 56.9 Å². The number of primary amides is 1. The number of fused-ring (bicyclic) bond motifs is 3. The zero-order chi connectivity index (χ0) is 37.2. The van der Waals surface area contributed by atoms with Gasteiger partial charge in [-0.15, -0.1) is 13.2 Å². The maximum Gasteiger partial charge on any atom is 0.573 e. The summed E-state index contributed by atoms with van der Waals surface area (Å²) in [5.74, 6) is -12.0. The largest absolute Gasteiger partial charge is 0.573 e. The Morgan fingerprint density at radius 1 is 0.922 bits per heavy atom. The number of hydrogen-bond donors (Lipinski definition) is 5. The van der Waals surface area contributed by atoms with E-state index in [4.69, 9.17) is 5.73 Å². The first-order chi connectivity index (χ1) is 23.9. The summed E-state index contributed by atoms with van der Waals surface area (Å²) in [6.07, 6.45) is -4.90. The van der Waals surface area contributed by atoms with Crippen LogP contribution >= 0.6 is 0 Å². The first kappa shape index (κ1) is 35.2. The van der Waals surface area contributed by atoms with Crippen LogP contribution < -0.4 is 21.1 Å². The highest BCUT2D eigenvalue weighted by Gasteiger charge is 2.69. The standard InChI is InChI=1S/C35H31F3N4O9/c1-42(2)27-22-14-16-13-21-20(15-3-5-17(6-4-15)40-33(49)41-18-7-9-19(10-8-18)51-35(36,37)38)11-12-23(43)25(21)28(44)24(16)30(46)34(22,50)31(47)26(29(27)45)32(39)48/h3-12,16,22,24,26-27,43,50H,13-14H2,1-2H3,(H2,39,48)(H2,40,41,49)/t16-,22-,24?,26?,27?,34-/m1/s1. The molecule has 3 unspecified atom stereocenters. The van der Waals surface area contributed by atoms with Crippen LogP contribution in [0.2, 0.25) is 0 Å². The minimum atomic E-state index is -4.86. The van der Waals surface area contributed by atoms with Gasteiger partial charge in [0.2, 0.25) is 5.91 Å². The third kappa shape index (κ3) is 6.10. The van der Waals surface area contributed by atoms with Crippen molar-refractivity contribution in [3.63, 3.8) is 0 Å². The molecule has 266 valence electrons. The van der Waals surface area contributed by atoms with E-state index in [9.17, 15) is 52.2 Å². The second-order valence-corrected chi connectivity index (χ2v) is 13.0. The number of benzene rings is 3. The molecule has 0 aliphatic heterocycles. The van der Waals surface area contributed by atoms with E-state index in [2.05, 4.69) is 15.4 Å². The van der Waals surface area contributed by atoms with Gasteiger partial charge in [-0.05, 0) is 92.0 Å². The lowest BCUT2D eigenvalue weighted by atomic mass is 9.52. The number of phenols is 1. The molecule has 0 saturated heterocycles. The number of carbonyl (C=O) groups is 6. The molecule has 51 heavy (non-hydrogen) atoms. The number of nitrogens with zero attached hydrogens (tertiary/aromatic N) is 1. The van der Waals surface area contributed by atoms with Gasteiger partial charge in [-0.1, -0.05) is 18.2 Å². The van der Waals surface area contributed by atoms with E-state index in [0.29, 0.717) is 22.4 Å². The molecule has 0 spiro atoms. The molecular formula is C35H31F3N4O9. The van der Waals surface area contributed by atoms with Crippen LogP contribution in [0.3, 0.4) is 0 Å². The van der Waals surface area contributed by atoms with Crippen LogP contribution in [-0.4, -0.2) is 82.3 Å². The normalized spacial score (nSPS) is 25.8. The van der Waals surface area contributed by atoms with E-state index >= 15 is 0 Å². The highest BCUT2D eigenvalue weighted by molar-refractivity contribution is 6.32. The molecule has 16 heteroatoms. The number of Topliss-reactive ketones (excluding diaryl/α,β-unsaturated/α-hetero) is 4. The summed E-state index contributed by atoms with van der Waals surface area (Å²) in [6.45, 7) is 0. The van der Waals surface area contributed by atoms with Gasteiger partial charge < -0.3 is 31.3 Å². The van der Waals surface area contributed by atoms with Crippen molar-refractivity contribution in [1.82, 2.24) is 4.90 Å². The van der Waals surface area contributed by atoms with E-state index in [1.807, 2.05) is 0 Å². The van der Waals surface area contributed by atoms with Gasteiger partial charge in [0.25, 0.3) is 0 Å². The SMILES string of the molecule is CN(C)C1C(=O)C(C(N)=O)C(=O)[C@]2(O)C(=O)C3C(=O)c4c(O)ccc(-c5ccc(NC(=O)Nc6ccc(OC(F)(F)F)cc6)cc5)c4C[C@@H]3C[C@H]12. The Balaban J connectivity index is 1.25. The summed E-state index contributed by atoms with van der Waals surface area (Å²) < 4.78 is 41.0. The van der Waals surface area contributed by atoms with E-state index in [1.165, 1.54) is 37.2 Å². The van der Waals surface area contributed by atoms with Crippen LogP contribution in [0.4, 0.5) is 29.3 Å². The number of likely N-dealkylation sites (N-methyl/N-ethyl adjacent to an activating group) is 1. The number of amides is 3. The number of nitrogens with one attached hydrogen (secondary N) is 2. The van der Waals surface area contributed by atoms with Gasteiger partial charge >= 0.3 is 12.4 Å². The molecule has 3 aromatic rings. The Labute approximate surface area is 287 Å². The fraction of sp³-hybridized carbons (Fsp3) is 0.314. The molecule has 3 amide bonds. The lowest BCUT2D eigenvalue weighted by Crippen LogP contribution is -2.74. The number of aromatic hydroxyl groups is 1. The van der Waals surface area contributed by atoms with Crippen LogP contribution in [-0.2, 0) is 25.6 Å². The van der Waals surface area contributed by atoms with Crippen molar-refractivity contribution in [2.45, 2.75) is 30.8 Å². The number of carbonyl (C=O) groups excluding carboxylic acids is 6. The summed E-state index contributed by atoms with van der Waals surface area (Å²) in [5.41, 5.74) is 4.40. The predicted octanol–water partition coefficient (Wildman–Crippen LogP) is 3.08. The van der Waals surface area contributed by atoms with Crippen molar-refractivity contribution in [1.29, 1.82) is 0 Å². The van der Waals surface area contributed by atoms with Crippen LogP contribution in [0.5, 0.6) is 11.5 Å². The molecule has 3 aliphatic carbocycles. The Morgan fingerprint density at radius 2 is 1.51 bits per heavy atom. The Morgan fingerprint density at radius 3 is 2.06 bits per heavy atom. The van der Waals surface area contributed by atoms with Crippen molar-refractivity contribution in [2.75, 3.05) is 24.7 Å². The van der Waals surface area contributed by atoms with Gasteiger partial charge in [0.15, 0.2) is 34.7 Å². The maximum absolute atomic E-state index is 14.0. The topological polar surface area (TPSA) is 205 Å². The number of anilines is 2. The first-order valence-electron chi connectivity index (χ1n) is 15.7. The second kappa shape index (κ2) is 12.6. The minimum Gasteiger partial charge on any atom is -0.507 e. The second-order valence-electron chi connectivity index (χ2n) is 13.0. The number of ether oxygens (including phenoxy) is 1. The molecule has 0 aromatic heterocycles. The number of ketones is 4. The summed E-state index contributed by atoms with van der Waals surface area (Å²) in [6, 6.07) is 11.9. The van der Waals surface area contributed by atoms with Gasteiger partial charge in [-0.2, -0.15) is 0 Å². The summed E-state index contributed by atoms with van der Waals surface area (Å²) in [7, 11) is 3.00. The van der Waals surface area contributed by atoms with Crippen LogP contribution in [0, 0.1) is 23.7 Å². The van der Waals surface area contributed by atoms with Crippen LogP contribution in [0.1, 0.15) is 22.3 Å². The Bertz CT molecular complexity index is 1980. The molecule has 0 radical (unpaired) electrons. The molecular weight excluding hydrogens is 677 g/mol. The summed E-state index contributed by atoms with van der Waals surface area (Å²) in [5, 5.41) is 27.7. The van der Waals surface area contributed by atoms with E-state index in [0.717, 1.165) is 12.1 Å². The molecule has 6 atom stereocenters. The molecule has 0 heterocycles. The fourth-order valence-electron chi connectivity index (χ4n) is 7.64. The molecule has 0 bridgehead atoms. The third-order valence-electron chi connectivity index (χ3n) is 9.74. The number of hydrogen-bond acceptors (Lipinski definition) is 10. The maximum atomic E-state index is 14.0. The number of nitrogens with two attached hydrogens (primary N) is 1. The number of alkyl halides is 3.